The second-order valence-corrected chi connectivity index (χ2v) is 5.92. The van der Waals surface area contributed by atoms with E-state index in [0.717, 1.165) is 11.3 Å². The lowest BCUT2D eigenvalue weighted by Gasteiger charge is -2.24. The average Bonchev–Trinajstić information content (AvgIpc) is 3.02. The highest BCUT2D eigenvalue weighted by atomic mass is 19.1. The highest BCUT2D eigenvalue weighted by Gasteiger charge is 2.14. The first-order valence-corrected chi connectivity index (χ1v) is 7.82. The Morgan fingerprint density at radius 1 is 1.17 bits per heavy atom. The van der Waals surface area contributed by atoms with Crippen LogP contribution < -0.4 is 0 Å². The van der Waals surface area contributed by atoms with Crippen molar-refractivity contribution in [2.24, 2.45) is 0 Å². The van der Waals surface area contributed by atoms with Gasteiger partial charge >= 0.3 is 0 Å². The van der Waals surface area contributed by atoms with E-state index in [-0.39, 0.29) is 17.6 Å². The van der Waals surface area contributed by atoms with Gasteiger partial charge in [-0.2, -0.15) is 5.10 Å². The first kappa shape index (κ1) is 16.2. The quantitative estimate of drug-likeness (QED) is 0.773. The van der Waals surface area contributed by atoms with Gasteiger partial charge < -0.3 is 5.11 Å². The number of aromatic nitrogens is 2. The van der Waals surface area contributed by atoms with Crippen molar-refractivity contribution in [3.63, 3.8) is 0 Å². The molecule has 1 N–H and O–H groups in total. The molecule has 3 rings (SSSR count). The topological polar surface area (TPSA) is 41.3 Å². The summed E-state index contributed by atoms with van der Waals surface area (Å²) in [6.07, 6.45) is 1.83. The number of phenols is 1. The molecule has 0 bridgehead atoms. The molecule has 3 aromatic rings. The fourth-order valence-corrected chi connectivity index (χ4v) is 2.64. The summed E-state index contributed by atoms with van der Waals surface area (Å²) in [7, 11) is 2.01. The zero-order valence-electron chi connectivity index (χ0n) is 13.7. The van der Waals surface area contributed by atoms with Crippen LogP contribution in [-0.4, -0.2) is 26.8 Å². The molecule has 2 aromatic carbocycles. The highest BCUT2D eigenvalue weighted by Crippen LogP contribution is 2.23. The number of nitrogens with zero attached hydrogens (tertiary/aromatic N) is 3. The van der Waals surface area contributed by atoms with Crippen molar-refractivity contribution in [1.82, 2.24) is 14.7 Å². The summed E-state index contributed by atoms with van der Waals surface area (Å²) in [4.78, 5) is 2.15. The van der Waals surface area contributed by atoms with E-state index in [0.29, 0.717) is 12.2 Å². The van der Waals surface area contributed by atoms with E-state index >= 15 is 0 Å². The van der Waals surface area contributed by atoms with Gasteiger partial charge in [0, 0.05) is 18.8 Å². The summed E-state index contributed by atoms with van der Waals surface area (Å²) >= 11 is 0. The summed E-state index contributed by atoms with van der Waals surface area (Å²) in [5, 5.41) is 14.1. The van der Waals surface area contributed by atoms with E-state index < -0.39 is 0 Å². The molecule has 1 unspecified atom stereocenters. The van der Waals surface area contributed by atoms with Crippen molar-refractivity contribution >= 4 is 0 Å². The van der Waals surface area contributed by atoms with Crippen molar-refractivity contribution in [3.05, 3.63) is 77.9 Å². The molecule has 0 radical (unpaired) electrons. The van der Waals surface area contributed by atoms with Crippen LogP contribution in [0.1, 0.15) is 24.2 Å². The summed E-state index contributed by atoms with van der Waals surface area (Å²) in [6, 6.07) is 15.7. The molecule has 124 valence electrons. The van der Waals surface area contributed by atoms with Gasteiger partial charge in [0.15, 0.2) is 0 Å². The molecule has 0 fully saturated rings. The van der Waals surface area contributed by atoms with Crippen LogP contribution in [0, 0.1) is 5.82 Å². The molecule has 1 aromatic heterocycles. The predicted octanol–water partition coefficient (Wildman–Crippen LogP) is 3.91. The van der Waals surface area contributed by atoms with Gasteiger partial charge in [0.05, 0.1) is 11.4 Å². The van der Waals surface area contributed by atoms with Crippen molar-refractivity contribution in [2.75, 3.05) is 7.05 Å². The first-order valence-electron chi connectivity index (χ1n) is 7.82. The van der Waals surface area contributed by atoms with Crippen LogP contribution >= 0.6 is 0 Å². The second-order valence-electron chi connectivity index (χ2n) is 5.92. The standard InChI is InChI=1S/C19H20FN3O/c1-14(15-5-3-8-19(24)11-15)22(2)13-17-9-10-23(21-17)18-7-4-6-16(20)12-18/h3-12,14,24H,13H2,1-2H3. The molecule has 0 aliphatic carbocycles. The van der Waals surface area contributed by atoms with Crippen molar-refractivity contribution in [2.45, 2.75) is 19.5 Å². The third kappa shape index (κ3) is 3.63. The van der Waals surface area contributed by atoms with Crippen LogP contribution in [0.3, 0.4) is 0 Å². The molecule has 0 saturated carbocycles. The summed E-state index contributed by atoms with van der Waals surface area (Å²) < 4.78 is 15.0. The molecule has 0 saturated heterocycles. The van der Waals surface area contributed by atoms with Crippen LogP contribution in [-0.2, 0) is 6.54 Å². The molecular weight excluding hydrogens is 305 g/mol. The third-order valence-electron chi connectivity index (χ3n) is 4.14. The maximum atomic E-state index is 13.3. The lowest BCUT2D eigenvalue weighted by atomic mass is 10.1. The molecule has 1 heterocycles. The van der Waals surface area contributed by atoms with E-state index in [9.17, 15) is 9.50 Å². The van der Waals surface area contributed by atoms with Gasteiger partial charge in [0.25, 0.3) is 0 Å². The highest BCUT2D eigenvalue weighted by molar-refractivity contribution is 5.31. The Bertz CT molecular complexity index is 831. The maximum Gasteiger partial charge on any atom is 0.125 e. The van der Waals surface area contributed by atoms with Gasteiger partial charge in [0.1, 0.15) is 11.6 Å². The minimum Gasteiger partial charge on any atom is -0.508 e. The monoisotopic (exact) mass is 325 g/mol. The van der Waals surface area contributed by atoms with Gasteiger partial charge in [-0.15, -0.1) is 0 Å². The maximum absolute atomic E-state index is 13.3. The fraction of sp³-hybridized carbons (Fsp3) is 0.211. The Kier molecular flexibility index (Phi) is 4.62. The van der Waals surface area contributed by atoms with Crippen molar-refractivity contribution < 1.29 is 9.50 Å². The van der Waals surface area contributed by atoms with Crippen molar-refractivity contribution in [1.29, 1.82) is 0 Å². The Labute approximate surface area is 140 Å². The first-order chi connectivity index (χ1) is 11.5. The van der Waals surface area contributed by atoms with Crippen LogP contribution in [0.5, 0.6) is 5.75 Å². The van der Waals surface area contributed by atoms with E-state index in [2.05, 4.69) is 16.9 Å². The zero-order valence-corrected chi connectivity index (χ0v) is 13.7. The van der Waals surface area contributed by atoms with Crippen LogP contribution in [0.4, 0.5) is 4.39 Å². The molecule has 0 amide bonds. The van der Waals surface area contributed by atoms with E-state index in [1.54, 1.807) is 22.9 Å². The average molecular weight is 325 g/mol. The third-order valence-corrected chi connectivity index (χ3v) is 4.14. The molecule has 0 aliphatic rings. The lowest BCUT2D eigenvalue weighted by Crippen LogP contribution is -2.22. The van der Waals surface area contributed by atoms with Gasteiger partial charge in [-0.25, -0.2) is 9.07 Å². The number of hydrogen-bond acceptors (Lipinski definition) is 3. The Balaban J connectivity index is 1.72. The molecule has 24 heavy (non-hydrogen) atoms. The smallest absolute Gasteiger partial charge is 0.125 e. The van der Waals surface area contributed by atoms with Crippen LogP contribution in [0.15, 0.2) is 60.8 Å². The molecule has 5 heteroatoms. The Morgan fingerprint density at radius 3 is 2.71 bits per heavy atom. The number of benzene rings is 2. The minimum absolute atomic E-state index is 0.136. The summed E-state index contributed by atoms with van der Waals surface area (Å²) in [6.45, 7) is 2.73. The minimum atomic E-state index is -0.279. The van der Waals surface area contributed by atoms with Gasteiger partial charge in [-0.05, 0) is 55.9 Å². The molecule has 1 atom stereocenters. The lowest BCUT2D eigenvalue weighted by molar-refractivity contribution is 0.249. The van der Waals surface area contributed by atoms with Crippen molar-refractivity contribution in [3.8, 4) is 11.4 Å². The Hall–Kier alpha value is -2.66. The van der Waals surface area contributed by atoms with E-state index in [1.807, 2.05) is 37.5 Å². The molecule has 0 spiro atoms. The van der Waals surface area contributed by atoms with E-state index in [4.69, 9.17) is 0 Å². The summed E-state index contributed by atoms with van der Waals surface area (Å²) in [5.74, 6) is -0.0118. The number of halogens is 1. The van der Waals surface area contributed by atoms with Gasteiger partial charge in [-0.1, -0.05) is 18.2 Å². The summed E-state index contributed by atoms with van der Waals surface area (Å²) in [5.41, 5.74) is 2.64. The number of phenolic OH excluding ortho intramolecular Hbond substituents is 1. The van der Waals surface area contributed by atoms with Gasteiger partial charge in [0.2, 0.25) is 0 Å². The Morgan fingerprint density at radius 2 is 1.96 bits per heavy atom. The normalized spacial score (nSPS) is 12.5. The fourth-order valence-electron chi connectivity index (χ4n) is 2.64. The predicted molar refractivity (Wildman–Crippen MR) is 91.5 cm³/mol. The molecule has 4 nitrogen and oxygen atoms in total. The van der Waals surface area contributed by atoms with E-state index in [1.165, 1.54) is 12.1 Å². The number of hydrogen-bond donors (Lipinski definition) is 1. The van der Waals surface area contributed by atoms with Crippen LogP contribution in [0.25, 0.3) is 5.69 Å². The largest absolute Gasteiger partial charge is 0.508 e. The molecular formula is C19H20FN3O. The zero-order chi connectivity index (χ0) is 17.1. The SMILES string of the molecule is CC(c1cccc(O)c1)N(C)Cc1ccn(-c2cccc(F)c2)n1. The number of rotatable bonds is 5. The number of aromatic hydroxyl groups is 1. The van der Waals surface area contributed by atoms with Crippen LogP contribution in [0.2, 0.25) is 0 Å². The molecule has 0 aliphatic heterocycles. The van der Waals surface area contributed by atoms with Gasteiger partial charge in [-0.3, -0.25) is 4.90 Å². The second kappa shape index (κ2) is 6.84.